The van der Waals surface area contributed by atoms with E-state index in [9.17, 15) is 9.59 Å². The number of hydrogen-bond acceptors (Lipinski definition) is 3. The van der Waals surface area contributed by atoms with Crippen molar-refractivity contribution in [2.75, 3.05) is 0 Å². The fourth-order valence-corrected chi connectivity index (χ4v) is 2.70. The molecular formula is C20H19N3O2. The van der Waals surface area contributed by atoms with Crippen LogP contribution in [-0.2, 0) is 11.2 Å². The van der Waals surface area contributed by atoms with Gasteiger partial charge in [0, 0.05) is 29.8 Å². The second kappa shape index (κ2) is 7.57. The quantitative estimate of drug-likeness (QED) is 0.721. The highest BCUT2D eigenvalue weighted by Crippen LogP contribution is 2.18. The number of aryl methyl sites for hydroxylation is 2. The molecule has 5 nitrogen and oxygen atoms in total. The predicted octanol–water partition coefficient (Wildman–Crippen LogP) is 2.94. The molecule has 0 aliphatic rings. The lowest BCUT2D eigenvalue weighted by atomic mass is 10.0. The first-order valence-corrected chi connectivity index (χ1v) is 8.11. The van der Waals surface area contributed by atoms with Crippen molar-refractivity contribution in [1.82, 2.24) is 15.8 Å². The van der Waals surface area contributed by atoms with E-state index in [1.807, 2.05) is 37.3 Å². The molecule has 0 radical (unpaired) electrons. The molecule has 25 heavy (non-hydrogen) atoms. The standard InChI is InChI=1S/C20H19N3O2/c1-14-4-2-6-16(12-14)20(25)23-22-19(24)9-8-15-5-3-7-17-13-21-11-10-18(15)17/h2-7,10-13H,8-9H2,1H3,(H,22,24)(H,23,25). The maximum atomic E-state index is 12.0. The van der Waals surface area contributed by atoms with Gasteiger partial charge in [0.25, 0.3) is 5.91 Å². The summed E-state index contributed by atoms with van der Waals surface area (Å²) in [4.78, 5) is 28.1. The number of amides is 2. The molecule has 0 aliphatic heterocycles. The first-order valence-electron chi connectivity index (χ1n) is 8.11. The number of benzene rings is 2. The summed E-state index contributed by atoms with van der Waals surface area (Å²) in [6.07, 6.45) is 4.43. The summed E-state index contributed by atoms with van der Waals surface area (Å²) in [6, 6.07) is 15.1. The van der Waals surface area contributed by atoms with Crippen LogP contribution < -0.4 is 10.9 Å². The van der Waals surface area contributed by atoms with E-state index in [4.69, 9.17) is 0 Å². The molecular weight excluding hydrogens is 314 g/mol. The van der Waals surface area contributed by atoms with E-state index in [0.29, 0.717) is 12.0 Å². The fourth-order valence-electron chi connectivity index (χ4n) is 2.70. The molecule has 0 fully saturated rings. The lowest BCUT2D eigenvalue weighted by Gasteiger charge is -2.09. The Bertz CT molecular complexity index is 916. The molecule has 1 heterocycles. The fraction of sp³-hybridized carbons (Fsp3) is 0.150. The van der Waals surface area contributed by atoms with Crippen LogP contribution in [0.4, 0.5) is 0 Å². The van der Waals surface area contributed by atoms with Gasteiger partial charge in [0.1, 0.15) is 0 Å². The van der Waals surface area contributed by atoms with Crippen LogP contribution in [0.5, 0.6) is 0 Å². The van der Waals surface area contributed by atoms with Gasteiger partial charge in [0.05, 0.1) is 0 Å². The third kappa shape index (κ3) is 4.20. The van der Waals surface area contributed by atoms with Crippen molar-refractivity contribution in [3.8, 4) is 0 Å². The zero-order valence-corrected chi connectivity index (χ0v) is 14.0. The van der Waals surface area contributed by atoms with Crippen LogP contribution in [0, 0.1) is 6.92 Å². The van der Waals surface area contributed by atoms with Crippen LogP contribution in [0.25, 0.3) is 10.8 Å². The molecule has 5 heteroatoms. The van der Waals surface area contributed by atoms with E-state index in [1.54, 1.807) is 30.6 Å². The number of nitrogens with one attached hydrogen (secondary N) is 2. The molecule has 0 unspecified atom stereocenters. The van der Waals surface area contributed by atoms with Crippen molar-refractivity contribution in [2.45, 2.75) is 19.8 Å². The number of aromatic nitrogens is 1. The van der Waals surface area contributed by atoms with Crippen molar-refractivity contribution in [1.29, 1.82) is 0 Å². The second-order valence-electron chi connectivity index (χ2n) is 5.89. The van der Waals surface area contributed by atoms with Crippen LogP contribution in [-0.4, -0.2) is 16.8 Å². The van der Waals surface area contributed by atoms with E-state index < -0.39 is 0 Å². The minimum atomic E-state index is -0.326. The van der Waals surface area contributed by atoms with E-state index in [0.717, 1.165) is 21.9 Å². The van der Waals surface area contributed by atoms with Crippen molar-refractivity contribution >= 4 is 22.6 Å². The lowest BCUT2D eigenvalue weighted by molar-refractivity contribution is -0.121. The van der Waals surface area contributed by atoms with Gasteiger partial charge in [-0.3, -0.25) is 25.4 Å². The summed E-state index contributed by atoms with van der Waals surface area (Å²) >= 11 is 0. The number of pyridine rings is 1. The molecule has 0 spiro atoms. The van der Waals surface area contributed by atoms with Crippen LogP contribution in [0.2, 0.25) is 0 Å². The Hall–Kier alpha value is -3.21. The molecule has 2 amide bonds. The topological polar surface area (TPSA) is 71.1 Å². The molecule has 0 aliphatic carbocycles. The molecule has 0 saturated carbocycles. The minimum Gasteiger partial charge on any atom is -0.273 e. The molecule has 0 bridgehead atoms. The molecule has 2 N–H and O–H groups in total. The average Bonchev–Trinajstić information content (AvgIpc) is 2.64. The average molecular weight is 333 g/mol. The maximum absolute atomic E-state index is 12.0. The summed E-state index contributed by atoms with van der Waals surface area (Å²) in [5.74, 6) is -0.555. The first kappa shape index (κ1) is 16.6. The van der Waals surface area contributed by atoms with E-state index in [2.05, 4.69) is 15.8 Å². The summed E-state index contributed by atoms with van der Waals surface area (Å²) < 4.78 is 0. The Morgan fingerprint density at radius 1 is 1.04 bits per heavy atom. The number of carbonyl (C=O) groups is 2. The number of hydrazine groups is 1. The highest BCUT2D eigenvalue weighted by molar-refractivity contribution is 5.95. The van der Waals surface area contributed by atoms with Crippen molar-refractivity contribution < 1.29 is 9.59 Å². The molecule has 126 valence electrons. The normalized spacial score (nSPS) is 10.4. The number of hydrogen-bond donors (Lipinski definition) is 2. The second-order valence-corrected chi connectivity index (χ2v) is 5.89. The van der Waals surface area contributed by atoms with Crippen molar-refractivity contribution in [2.24, 2.45) is 0 Å². The van der Waals surface area contributed by atoms with Gasteiger partial charge >= 0.3 is 0 Å². The van der Waals surface area contributed by atoms with Gasteiger partial charge in [0.2, 0.25) is 5.91 Å². The van der Waals surface area contributed by atoms with Gasteiger partial charge in [-0.1, -0.05) is 35.9 Å². The van der Waals surface area contributed by atoms with Gasteiger partial charge in [0.15, 0.2) is 0 Å². The van der Waals surface area contributed by atoms with E-state index in [1.165, 1.54) is 0 Å². The smallest absolute Gasteiger partial charge is 0.269 e. The predicted molar refractivity (Wildman–Crippen MR) is 96.9 cm³/mol. The van der Waals surface area contributed by atoms with Gasteiger partial charge < -0.3 is 0 Å². The third-order valence-electron chi connectivity index (χ3n) is 3.99. The SMILES string of the molecule is Cc1cccc(C(=O)NNC(=O)CCc2cccc3cnccc23)c1. The zero-order valence-electron chi connectivity index (χ0n) is 14.0. The molecule has 0 saturated heterocycles. The highest BCUT2D eigenvalue weighted by atomic mass is 16.2. The van der Waals surface area contributed by atoms with Crippen LogP contribution in [0.15, 0.2) is 60.9 Å². The largest absolute Gasteiger partial charge is 0.273 e. The number of rotatable bonds is 4. The maximum Gasteiger partial charge on any atom is 0.269 e. The highest BCUT2D eigenvalue weighted by Gasteiger charge is 2.08. The van der Waals surface area contributed by atoms with Crippen LogP contribution >= 0.6 is 0 Å². The number of fused-ring (bicyclic) bond motifs is 1. The minimum absolute atomic E-state index is 0.230. The Balaban J connectivity index is 1.55. The molecule has 3 aromatic rings. The van der Waals surface area contributed by atoms with Crippen LogP contribution in [0.3, 0.4) is 0 Å². The molecule has 1 aromatic heterocycles. The van der Waals surface area contributed by atoms with E-state index in [-0.39, 0.29) is 18.2 Å². The monoisotopic (exact) mass is 333 g/mol. The summed E-state index contributed by atoms with van der Waals surface area (Å²) in [7, 11) is 0. The Morgan fingerprint density at radius 3 is 2.72 bits per heavy atom. The molecule has 0 atom stereocenters. The summed E-state index contributed by atoms with van der Waals surface area (Å²) in [5, 5.41) is 2.14. The molecule has 3 rings (SSSR count). The Kier molecular flexibility index (Phi) is 5.04. The zero-order chi connectivity index (χ0) is 17.6. The number of carbonyl (C=O) groups excluding carboxylic acids is 2. The first-order chi connectivity index (χ1) is 12.1. The van der Waals surface area contributed by atoms with Crippen molar-refractivity contribution in [3.63, 3.8) is 0 Å². The van der Waals surface area contributed by atoms with Gasteiger partial charge in [-0.15, -0.1) is 0 Å². The van der Waals surface area contributed by atoms with Crippen molar-refractivity contribution in [3.05, 3.63) is 77.6 Å². The lowest BCUT2D eigenvalue weighted by Crippen LogP contribution is -2.41. The number of nitrogens with zero attached hydrogens (tertiary/aromatic N) is 1. The molecule has 2 aromatic carbocycles. The van der Waals surface area contributed by atoms with Gasteiger partial charge in [-0.05, 0) is 42.5 Å². The summed E-state index contributed by atoms with van der Waals surface area (Å²) in [5.41, 5.74) is 7.51. The van der Waals surface area contributed by atoms with Gasteiger partial charge in [-0.25, -0.2) is 0 Å². The Labute approximate surface area is 146 Å². The van der Waals surface area contributed by atoms with E-state index >= 15 is 0 Å². The Morgan fingerprint density at radius 2 is 1.88 bits per heavy atom. The van der Waals surface area contributed by atoms with Crippen LogP contribution in [0.1, 0.15) is 27.9 Å². The third-order valence-corrected chi connectivity index (χ3v) is 3.99. The summed E-state index contributed by atoms with van der Waals surface area (Å²) in [6.45, 7) is 1.91. The van der Waals surface area contributed by atoms with Gasteiger partial charge in [-0.2, -0.15) is 0 Å².